The number of amides is 1. The molecule has 3 nitrogen and oxygen atoms in total. The number of hydrogen-bond donors (Lipinski definition) is 2. The van der Waals surface area contributed by atoms with E-state index in [1.165, 1.54) is 6.07 Å². The second kappa shape index (κ2) is 6.71. The summed E-state index contributed by atoms with van der Waals surface area (Å²) in [4.78, 5) is 12.6. The molecule has 0 aromatic heterocycles. The molecule has 116 valence electrons. The number of carbonyl (C=O) groups is 1. The molecule has 0 saturated heterocycles. The summed E-state index contributed by atoms with van der Waals surface area (Å²) in [6.07, 6.45) is 0. The zero-order valence-corrected chi connectivity index (χ0v) is 12.7. The zero-order valence-electron chi connectivity index (χ0n) is 12.7. The number of benzene rings is 2. The maximum atomic E-state index is 14.0. The molecule has 2 aromatic carbocycles. The van der Waals surface area contributed by atoms with Gasteiger partial charge in [0.05, 0.1) is 18.1 Å². The van der Waals surface area contributed by atoms with Crippen LogP contribution < -0.4 is 5.32 Å². The van der Waals surface area contributed by atoms with Gasteiger partial charge >= 0.3 is 0 Å². The van der Waals surface area contributed by atoms with E-state index in [0.29, 0.717) is 5.56 Å². The molecule has 0 aliphatic heterocycles. The van der Waals surface area contributed by atoms with Gasteiger partial charge in [-0.25, -0.2) is 4.39 Å². The lowest BCUT2D eigenvalue weighted by Crippen LogP contribution is -2.43. The predicted molar refractivity (Wildman–Crippen MR) is 83.8 cm³/mol. The lowest BCUT2D eigenvalue weighted by Gasteiger charge is -2.27. The molecule has 1 amide bonds. The molecule has 0 fully saturated rings. The summed E-state index contributed by atoms with van der Waals surface area (Å²) in [5, 5.41) is 12.3. The van der Waals surface area contributed by atoms with Crippen molar-refractivity contribution >= 4 is 5.91 Å². The molecule has 2 aromatic rings. The first-order valence-electron chi connectivity index (χ1n) is 7.18. The first-order valence-corrected chi connectivity index (χ1v) is 7.18. The van der Waals surface area contributed by atoms with E-state index < -0.39 is 17.3 Å². The fourth-order valence-electron chi connectivity index (χ4n) is 2.35. The first kappa shape index (κ1) is 16.2. The molecule has 0 saturated carbocycles. The van der Waals surface area contributed by atoms with Crippen molar-refractivity contribution in [2.45, 2.75) is 25.3 Å². The molecule has 1 atom stereocenters. The molecule has 2 N–H and O–H groups in total. The van der Waals surface area contributed by atoms with Gasteiger partial charge in [-0.15, -0.1) is 0 Å². The second-order valence-corrected chi connectivity index (χ2v) is 5.72. The molecule has 2 rings (SSSR count). The Labute approximate surface area is 129 Å². The Morgan fingerprint density at radius 1 is 1.14 bits per heavy atom. The summed E-state index contributed by atoms with van der Waals surface area (Å²) < 4.78 is 14.0. The van der Waals surface area contributed by atoms with E-state index in [1.54, 1.807) is 32.0 Å². The van der Waals surface area contributed by atoms with Crippen molar-refractivity contribution in [3.63, 3.8) is 0 Å². The van der Waals surface area contributed by atoms with E-state index >= 15 is 0 Å². The maximum Gasteiger partial charge on any atom is 0.230 e. The highest BCUT2D eigenvalue weighted by Crippen LogP contribution is 2.27. The molecule has 22 heavy (non-hydrogen) atoms. The van der Waals surface area contributed by atoms with Crippen LogP contribution in [0.3, 0.4) is 0 Å². The van der Waals surface area contributed by atoms with Crippen molar-refractivity contribution in [3.05, 3.63) is 71.5 Å². The Balaban J connectivity index is 2.22. The van der Waals surface area contributed by atoms with Crippen LogP contribution in [0.25, 0.3) is 0 Å². The lowest BCUT2D eigenvalue weighted by molar-refractivity contribution is -0.126. The van der Waals surface area contributed by atoms with E-state index in [-0.39, 0.29) is 12.5 Å². The van der Waals surface area contributed by atoms with Crippen LogP contribution in [0.15, 0.2) is 54.6 Å². The fourth-order valence-corrected chi connectivity index (χ4v) is 2.35. The highest BCUT2D eigenvalue weighted by Gasteiger charge is 2.33. The van der Waals surface area contributed by atoms with Gasteiger partial charge in [0.1, 0.15) is 5.82 Å². The van der Waals surface area contributed by atoms with E-state index in [1.807, 2.05) is 30.3 Å². The predicted octanol–water partition coefficient (Wildman–Crippen LogP) is 2.95. The van der Waals surface area contributed by atoms with E-state index in [2.05, 4.69) is 5.32 Å². The Morgan fingerprint density at radius 3 is 2.32 bits per heavy atom. The molecule has 4 heteroatoms. The van der Waals surface area contributed by atoms with Crippen molar-refractivity contribution in [2.24, 2.45) is 0 Å². The van der Waals surface area contributed by atoms with Crippen molar-refractivity contribution in [3.8, 4) is 0 Å². The lowest BCUT2D eigenvalue weighted by atomic mass is 9.83. The molecule has 0 aliphatic rings. The molecular weight excluding hydrogens is 281 g/mol. The summed E-state index contributed by atoms with van der Waals surface area (Å²) in [6, 6.07) is 14.9. The quantitative estimate of drug-likeness (QED) is 0.892. The van der Waals surface area contributed by atoms with Gasteiger partial charge in [-0.1, -0.05) is 48.5 Å². The van der Waals surface area contributed by atoms with Gasteiger partial charge < -0.3 is 10.4 Å². The van der Waals surface area contributed by atoms with Gasteiger partial charge in [-0.2, -0.15) is 0 Å². The van der Waals surface area contributed by atoms with Gasteiger partial charge in [0.25, 0.3) is 0 Å². The van der Waals surface area contributed by atoms with E-state index in [9.17, 15) is 14.3 Å². The average Bonchev–Trinajstić information content (AvgIpc) is 2.53. The smallest absolute Gasteiger partial charge is 0.230 e. The van der Waals surface area contributed by atoms with Crippen LogP contribution >= 0.6 is 0 Å². The third-order valence-electron chi connectivity index (χ3n) is 3.80. The molecule has 0 bridgehead atoms. The van der Waals surface area contributed by atoms with Crippen LogP contribution in [0.1, 0.15) is 31.0 Å². The minimum Gasteiger partial charge on any atom is -0.394 e. The number of nitrogens with one attached hydrogen (secondary N) is 1. The van der Waals surface area contributed by atoms with Crippen molar-refractivity contribution < 1.29 is 14.3 Å². The fraction of sp³-hybridized carbons (Fsp3) is 0.278. The summed E-state index contributed by atoms with van der Waals surface area (Å²) >= 11 is 0. The largest absolute Gasteiger partial charge is 0.394 e. The first-order chi connectivity index (χ1) is 10.5. The number of carbonyl (C=O) groups excluding carboxylic acids is 1. The number of aliphatic hydroxyl groups excluding tert-OH is 1. The average molecular weight is 301 g/mol. The minimum atomic E-state index is -1.03. The monoisotopic (exact) mass is 301 g/mol. The Hall–Kier alpha value is -2.20. The summed E-state index contributed by atoms with van der Waals surface area (Å²) in [6.45, 7) is 3.11. The van der Waals surface area contributed by atoms with Gasteiger partial charge in [0.15, 0.2) is 0 Å². The van der Waals surface area contributed by atoms with E-state index in [4.69, 9.17) is 0 Å². The number of hydrogen-bond acceptors (Lipinski definition) is 2. The molecule has 0 heterocycles. The van der Waals surface area contributed by atoms with Crippen molar-refractivity contribution in [1.29, 1.82) is 0 Å². The van der Waals surface area contributed by atoms with Crippen molar-refractivity contribution in [1.82, 2.24) is 5.32 Å². The van der Waals surface area contributed by atoms with E-state index in [0.717, 1.165) is 5.56 Å². The highest BCUT2D eigenvalue weighted by molar-refractivity contribution is 5.87. The Bertz CT molecular complexity index is 641. The van der Waals surface area contributed by atoms with Gasteiger partial charge in [0, 0.05) is 5.56 Å². The Kier molecular flexibility index (Phi) is 4.93. The molecular formula is C18H20FNO2. The maximum absolute atomic E-state index is 14.0. The molecule has 0 spiro atoms. The van der Waals surface area contributed by atoms with Crippen LogP contribution in [0, 0.1) is 5.82 Å². The zero-order chi connectivity index (χ0) is 16.2. The van der Waals surface area contributed by atoms with Crippen LogP contribution in [-0.4, -0.2) is 17.6 Å². The van der Waals surface area contributed by atoms with Crippen molar-refractivity contribution in [2.75, 3.05) is 6.61 Å². The number of halogens is 1. The molecule has 0 radical (unpaired) electrons. The normalized spacial score (nSPS) is 12.7. The van der Waals surface area contributed by atoms with Crippen LogP contribution in [-0.2, 0) is 10.2 Å². The SMILES string of the molecule is CC(C)(C(=O)N[C@H](CO)c1ccccc1)c1ccccc1F. The van der Waals surface area contributed by atoms with Crippen LogP contribution in [0.2, 0.25) is 0 Å². The summed E-state index contributed by atoms with van der Waals surface area (Å²) in [5.41, 5.74) is 0.105. The number of aliphatic hydroxyl groups is 1. The summed E-state index contributed by atoms with van der Waals surface area (Å²) in [5.74, 6) is -0.747. The second-order valence-electron chi connectivity index (χ2n) is 5.72. The third-order valence-corrected chi connectivity index (χ3v) is 3.80. The van der Waals surface area contributed by atoms with Crippen LogP contribution in [0.4, 0.5) is 4.39 Å². The van der Waals surface area contributed by atoms with Gasteiger partial charge in [0.2, 0.25) is 5.91 Å². The minimum absolute atomic E-state index is 0.219. The third kappa shape index (κ3) is 3.34. The van der Waals surface area contributed by atoms with Gasteiger partial charge in [-0.3, -0.25) is 4.79 Å². The molecule has 0 unspecified atom stereocenters. The number of rotatable bonds is 5. The summed E-state index contributed by atoms with van der Waals surface area (Å²) in [7, 11) is 0. The highest BCUT2D eigenvalue weighted by atomic mass is 19.1. The topological polar surface area (TPSA) is 49.3 Å². The van der Waals surface area contributed by atoms with Gasteiger partial charge in [-0.05, 0) is 25.5 Å². The Morgan fingerprint density at radius 2 is 1.73 bits per heavy atom. The molecule has 0 aliphatic carbocycles. The standard InChI is InChI=1S/C18H20FNO2/c1-18(2,14-10-6-7-11-15(14)19)17(22)20-16(12-21)13-8-4-3-5-9-13/h3-11,16,21H,12H2,1-2H3,(H,20,22)/t16-/m1/s1. The van der Waals surface area contributed by atoms with Crippen LogP contribution in [0.5, 0.6) is 0 Å².